The second-order valence-corrected chi connectivity index (χ2v) is 4.16. The predicted octanol–water partition coefficient (Wildman–Crippen LogP) is -0.153. The lowest BCUT2D eigenvalue weighted by Crippen LogP contribution is -2.40. The van der Waals surface area contributed by atoms with Crippen molar-refractivity contribution in [1.29, 1.82) is 0 Å². The molecule has 0 fully saturated rings. The fourth-order valence-corrected chi connectivity index (χ4v) is 1.58. The number of carbonyl (C=O) groups excluding carboxylic acids is 2. The van der Waals surface area contributed by atoms with Crippen molar-refractivity contribution in [1.82, 2.24) is 15.5 Å². The standard InChI is InChI=1S/C11H19N3O2/c1-8(2)14(3)11(16)9-4-5-12-6-10(9)13-7-15/h7-8,12H,4-6H2,1-3H3,(H,13,15). The summed E-state index contributed by atoms with van der Waals surface area (Å²) in [6.45, 7) is 5.25. The minimum atomic E-state index is 0.000787. The lowest BCUT2D eigenvalue weighted by atomic mass is 10.0. The number of likely N-dealkylation sites (N-methyl/N-ethyl adjacent to an activating group) is 1. The number of nitrogens with one attached hydrogen (secondary N) is 2. The van der Waals surface area contributed by atoms with Gasteiger partial charge in [0.25, 0.3) is 5.91 Å². The Bertz CT molecular complexity index is 310. The van der Waals surface area contributed by atoms with E-state index in [2.05, 4.69) is 10.6 Å². The molecule has 0 spiro atoms. The van der Waals surface area contributed by atoms with Gasteiger partial charge < -0.3 is 15.5 Å². The third kappa shape index (κ3) is 2.82. The zero-order valence-corrected chi connectivity index (χ0v) is 10.0. The fraction of sp³-hybridized carbons (Fsp3) is 0.636. The molecule has 0 saturated carbocycles. The molecule has 0 atom stereocenters. The van der Waals surface area contributed by atoms with Crippen molar-refractivity contribution in [3.63, 3.8) is 0 Å². The van der Waals surface area contributed by atoms with Gasteiger partial charge in [0.15, 0.2) is 0 Å². The maximum atomic E-state index is 12.1. The van der Waals surface area contributed by atoms with Crippen LogP contribution in [-0.4, -0.2) is 43.4 Å². The first-order valence-electron chi connectivity index (χ1n) is 5.48. The van der Waals surface area contributed by atoms with Gasteiger partial charge in [0.2, 0.25) is 6.41 Å². The molecule has 1 rings (SSSR count). The van der Waals surface area contributed by atoms with Crippen LogP contribution in [0, 0.1) is 0 Å². The molecule has 0 aromatic carbocycles. The molecule has 2 amide bonds. The van der Waals surface area contributed by atoms with Crippen molar-refractivity contribution >= 4 is 12.3 Å². The van der Waals surface area contributed by atoms with Gasteiger partial charge in [-0.1, -0.05) is 0 Å². The molecule has 5 nitrogen and oxygen atoms in total. The minimum Gasteiger partial charge on any atom is -0.340 e. The third-order valence-corrected chi connectivity index (χ3v) is 2.80. The van der Waals surface area contributed by atoms with E-state index in [9.17, 15) is 9.59 Å². The Morgan fingerprint density at radius 3 is 2.81 bits per heavy atom. The molecule has 90 valence electrons. The average Bonchev–Trinajstić information content (AvgIpc) is 2.28. The van der Waals surface area contributed by atoms with Gasteiger partial charge in [0, 0.05) is 30.9 Å². The number of rotatable bonds is 4. The van der Waals surface area contributed by atoms with Crippen molar-refractivity contribution in [2.45, 2.75) is 26.3 Å². The molecular weight excluding hydrogens is 206 g/mol. The van der Waals surface area contributed by atoms with Crippen LogP contribution in [0.25, 0.3) is 0 Å². The van der Waals surface area contributed by atoms with Crippen molar-refractivity contribution in [3.05, 3.63) is 11.3 Å². The topological polar surface area (TPSA) is 61.4 Å². The van der Waals surface area contributed by atoms with Crippen molar-refractivity contribution in [2.24, 2.45) is 0 Å². The van der Waals surface area contributed by atoms with E-state index in [1.807, 2.05) is 13.8 Å². The van der Waals surface area contributed by atoms with E-state index in [4.69, 9.17) is 0 Å². The quantitative estimate of drug-likeness (QED) is 0.654. The molecule has 16 heavy (non-hydrogen) atoms. The predicted molar refractivity (Wildman–Crippen MR) is 61.6 cm³/mol. The summed E-state index contributed by atoms with van der Waals surface area (Å²) in [7, 11) is 1.78. The Labute approximate surface area is 95.9 Å². The Morgan fingerprint density at radius 1 is 1.56 bits per heavy atom. The summed E-state index contributed by atoms with van der Waals surface area (Å²) < 4.78 is 0. The maximum Gasteiger partial charge on any atom is 0.251 e. The molecule has 5 heteroatoms. The molecule has 2 N–H and O–H groups in total. The number of hydrogen-bond acceptors (Lipinski definition) is 3. The Morgan fingerprint density at radius 2 is 2.25 bits per heavy atom. The van der Waals surface area contributed by atoms with E-state index in [-0.39, 0.29) is 11.9 Å². The van der Waals surface area contributed by atoms with Crippen LogP contribution >= 0.6 is 0 Å². The van der Waals surface area contributed by atoms with Gasteiger partial charge in [0.1, 0.15) is 0 Å². The summed E-state index contributed by atoms with van der Waals surface area (Å²) in [5, 5.41) is 5.72. The van der Waals surface area contributed by atoms with E-state index >= 15 is 0 Å². The largest absolute Gasteiger partial charge is 0.340 e. The van der Waals surface area contributed by atoms with Crippen molar-refractivity contribution in [2.75, 3.05) is 20.1 Å². The Hall–Kier alpha value is -1.36. The van der Waals surface area contributed by atoms with Gasteiger partial charge in [-0.25, -0.2) is 0 Å². The fourth-order valence-electron chi connectivity index (χ4n) is 1.58. The highest BCUT2D eigenvalue weighted by molar-refractivity contribution is 5.94. The first-order valence-corrected chi connectivity index (χ1v) is 5.48. The average molecular weight is 225 g/mol. The molecule has 0 saturated heterocycles. The third-order valence-electron chi connectivity index (χ3n) is 2.80. The second kappa shape index (κ2) is 5.65. The SMILES string of the molecule is CC(C)N(C)C(=O)C1=C(NC=O)CNCC1. The summed E-state index contributed by atoms with van der Waals surface area (Å²) in [6.07, 6.45) is 1.27. The second-order valence-electron chi connectivity index (χ2n) is 4.16. The van der Waals surface area contributed by atoms with Crippen LogP contribution in [0.1, 0.15) is 20.3 Å². The lowest BCUT2D eigenvalue weighted by molar-refractivity contribution is -0.127. The number of amides is 2. The highest BCUT2D eigenvalue weighted by Gasteiger charge is 2.22. The first kappa shape index (κ1) is 12.7. The van der Waals surface area contributed by atoms with Gasteiger partial charge in [0.05, 0.1) is 0 Å². The first-order chi connectivity index (χ1) is 7.57. The Balaban J connectivity index is 2.88. The Kier molecular flexibility index (Phi) is 4.49. The molecule has 0 radical (unpaired) electrons. The molecule has 1 aliphatic heterocycles. The van der Waals surface area contributed by atoms with E-state index in [0.29, 0.717) is 30.6 Å². The van der Waals surface area contributed by atoms with E-state index < -0.39 is 0 Å². The van der Waals surface area contributed by atoms with Crippen LogP contribution in [0.2, 0.25) is 0 Å². The summed E-state index contributed by atoms with van der Waals surface area (Å²) >= 11 is 0. The molecule has 0 aromatic rings. The summed E-state index contributed by atoms with van der Waals surface area (Å²) in [5.41, 5.74) is 1.40. The summed E-state index contributed by atoms with van der Waals surface area (Å²) in [4.78, 5) is 24.2. The van der Waals surface area contributed by atoms with Crippen LogP contribution in [0.15, 0.2) is 11.3 Å². The normalized spacial score (nSPS) is 16.2. The van der Waals surface area contributed by atoms with E-state index in [0.717, 1.165) is 6.54 Å². The molecule has 0 bridgehead atoms. The van der Waals surface area contributed by atoms with Crippen LogP contribution in [0.3, 0.4) is 0 Å². The number of nitrogens with zero attached hydrogens (tertiary/aromatic N) is 1. The molecular formula is C11H19N3O2. The van der Waals surface area contributed by atoms with Crippen LogP contribution < -0.4 is 10.6 Å². The smallest absolute Gasteiger partial charge is 0.251 e. The monoisotopic (exact) mass is 225 g/mol. The summed E-state index contributed by atoms with van der Waals surface area (Å²) in [5.74, 6) is 0.000787. The molecule has 0 aliphatic carbocycles. The zero-order chi connectivity index (χ0) is 12.1. The van der Waals surface area contributed by atoms with Crippen molar-refractivity contribution < 1.29 is 9.59 Å². The highest BCUT2D eigenvalue weighted by atomic mass is 16.2. The summed E-state index contributed by atoms with van der Waals surface area (Å²) in [6, 6.07) is 0.160. The van der Waals surface area contributed by atoms with Crippen LogP contribution in [0.4, 0.5) is 0 Å². The zero-order valence-electron chi connectivity index (χ0n) is 10.0. The van der Waals surface area contributed by atoms with Gasteiger partial charge in [-0.3, -0.25) is 9.59 Å². The molecule has 0 aromatic heterocycles. The van der Waals surface area contributed by atoms with Crippen LogP contribution in [-0.2, 0) is 9.59 Å². The van der Waals surface area contributed by atoms with Gasteiger partial charge in [-0.05, 0) is 26.8 Å². The van der Waals surface area contributed by atoms with E-state index in [1.54, 1.807) is 11.9 Å². The molecule has 0 unspecified atom stereocenters. The number of hydrogen-bond donors (Lipinski definition) is 2. The highest BCUT2D eigenvalue weighted by Crippen LogP contribution is 2.14. The number of carbonyl (C=O) groups is 2. The van der Waals surface area contributed by atoms with Gasteiger partial charge >= 0.3 is 0 Å². The van der Waals surface area contributed by atoms with Gasteiger partial charge in [-0.15, -0.1) is 0 Å². The minimum absolute atomic E-state index is 0.000787. The van der Waals surface area contributed by atoms with E-state index in [1.165, 1.54) is 0 Å². The molecule has 1 heterocycles. The molecule has 1 aliphatic rings. The van der Waals surface area contributed by atoms with Gasteiger partial charge in [-0.2, -0.15) is 0 Å². The van der Waals surface area contributed by atoms with Crippen LogP contribution in [0.5, 0.6) is 0 Å². The maximum absolute atomic E-state index is 12.1. The van der Waals surface area contributed by atoms with Crippen molar-refractivity contribution in [3.8, 4) is 0 Å². The lowest BCUT2D eigenvalue weighted by Gasteiger charge is -2.27.